The third kappa shape index (κ3) is 2.71. The van der Waals surface area contributed by atoms with Crippen LogP contribution in [0.15, 0.2) is 30.3 Å². The van der Waals surface area contributed by atoms with E-state index in [1.807, 2.05) is 30.3 Å². The second kappa shape index (κ2) is 5.98. The van der Waals surface area contributed by atoms with Crippen LogP contribution in [0.3, 0.4) is 0 Å². The van der Waals surface area contributed by atoms with Gasteiger partial charge < -0.3 is 15.4 Å². The minimum atomic E-state index is -0.395. The maximum absolute atomic E-state index is 12.2. The number of hydrogen-bond donors (Lipinski definition) is 1. The number of ether oxygens (including phenoxy) is 1. The minimum Gasteiger partial charge on any atom is -0.357 e. The first-order valence-electron chi connectivity index (χ1n) is 6.38. The number of nitrogens with two attached hydrogens (primary N) is 1. The first kappa shape index (κ1) is 13.1. The van der Waals surface area contributed by atoms with Crippen LogP contribution in [0.5, 0.6) is 0 Å². The van der Waals surface area contributed by atoms with Crippen LogP contribution >= 0.6 is 0 Å². The number of rotatable bonds is 3. The first-order chi connectivity index (χ1) is 8.74. The number of carbonyl (C=O) groups excluding carboxylic acids is 1. The summed E-state index contributed by atoms with van der Waals surface area (Å²) in [6.07, 6.45) is 2.41. The lowest BCUT2D eigenvalue weighted by Crippen LogP contribution is -2.44. The molecule has 2 N–H and O–H groups in total. The normalized spacial score (nSPS) is 22.7. The van der Waals surface area contributed by atoms with Crippen molar-refractivity contribution in [3.8, 4) is 0 Å². The average molecular weight is 248 g/mol. The molecule has 0 aromatic heterocycles. The summed E-state index contributed by atoms with van der Waals surface area (Å²) in [6.45, 7) is 0.708. The molecule has 4 heteroatoms. The van der Waals surface area contributed by atoms with Crippen molar-refractivity contribution < 1.29 is 9.53 Å². The highest BCUT2D eigenvalue weighted by Crippen LogP contribution is 2.25. The van der Waals surface area contributed by atoms with Crippen molar-refractivity contribution >= 4 is 5.91 Å². The van der Waals surface area contributed by atoms with E-state index in [4.69, 9.17) is 10.5 Å². The van der Waals surface area contributed by atoms with Gasteiger partial charge >= 0.3 is 0 Å². The highest BCUT2D eigenvalue weighted by Gasteiger charge is 2.30. The molecule has 4 nitrogen and oxygen atoms in total. The monoisotopic (exact) mass is 248 g/mol. The Labute approximate surface area is 108 Å². The van der Waals surface area contributed by atoms with Gasteiger partial charge in [-0.15, -0.1) is 0 Å². The highest BCUT2D eigenvalue weighted by molar-refractivity contribution is 5.82. The molecule has 0 bridgehead atoms. The van der Waals surface area contributed by atoms with Crippen LogP contribution in [0.2, 0.25) is 0 Å². The number of nitrogens with zero attached hydrogens (tertiary/aromatic N) is 1. The maximum atomic E-state index is 12.2. The third-order valence-corrected chi connectivity index (χ3v) is 3.36. The van der Waals surface area contributed by atoms with Crippen molar-refractivity contribution in [1.29, 1.82) is 0 Å². The molecule has 1 fully saturated rings. The van der Waals surface area contributed by atoms with Crippen LogP contribution in [-0.4, -0.2) is 30.5 Å². The second-order valence-corrected chi connectivity index (χ2v) is 4.63. The van der Waals surface area contributed by atoms with Gasteiger partial charge in [0.15, 0.2) is 6.23 Å². The molecule has 0 spiro atoms. The van der Waals surface area contributed by atoms with Crippen molar-refractivity contribution in [2.45, 2.75) is 31.5 Å². The van der Waals surface area contributed by atoms with Gasteiger partial charge in [-0.1, -0.05) is 30.3 Å². The summed E-state index contributed by atoms with van der Waals surface area (Å²) in [7, 11) is 1.63. The molecule has 1 saturated heterocycles. The summed E-state index contributed by atoms with van der Waals surface area (Å²) in [5.74, 6) is -0.0109. The lowest BCUT2D eigenvalue weighted by atomic mass is 10.1. The average Bonchev–Trinajstić information content (AvgIpc) is 2.56. The van der Waals surface area contributed by atoms with Crippen LogP contribution in [-0.2, 0) is 9.53 Å². The van der Waals surface area contributed by atoms with Gasteiger partial charge in [0.1, 0.15) is 0 Å². The molecule has 2 atom stereocenters. The zero-order chi connectivity index (χ0) is 13.0. The molecule has 1 aromatic carbocycles. The molecule has 1 aromatic rings. The number of carbonyl (C=O) groups is 1. The zero-order valence-electron chi connectivity index (χ0n) is 10.7. The van der Waals surface area contributed by atoms with E-state index in [0.29, 0.717) is 6.54 Å². The third-order valence-electron chi connectivity index (χ3n) is 3.36. The molecular formula is C14H20N2O2. The Balaban J connectivity index is 2.23. The van der Waals surface area contributed by atoms with Gasteiger partial charge in [0, 0.05) is 19.2 Å². The van der Waals surface area contributed by atoms with Crippen LogP contribution in [0.1, 0.15) is 31.1 Å². The predicted molar refractivity (Wildman–Crippen MR) is 69.7 cm³/mol. The Morgan fingerprint density at radius 3 is 2.72 bits per heavy atom. The molecule has 1 amide bonds. The fourth-order valence-corrected chi connectivity index (χ4v) is 2.39. The van der Waals surface area contributed by atoms with Gasteiger partial charge in [-0.3, -0.25) is 4.79 Å². The van der Waals surface area contributed by atoms with Crippen molar-refractivity contribution in [3.63, 3.8) is 0 Å². The van der Waals surface area contributed by atoms with Gasteiger partial charge in [0.2, 0.25) is 5.91 Å². The largest absolute Gasteiger partial charge is 0.357 e. The number of hydrogen-bond acceptors (Lipinski definition) is 3. The van der Waals surface area contributed by atoms with Gasteiger partial charge in [-0.2, -0.15) is 0 Å². The molecule has 1 heterocycles. The van der Waals surface area contributed by atoms with E-state index in [9.17, 15) is 4.79 Å². The molecule has 2 unspecified atom stereocenters. The second-order valence-electron chi connectivity index (χ2n) is 4.63. The van der Waals surface area contributed by atoms with Gasteiger partial charge in [-0.25, -0.2) is 0 Å². The fraction of sp³-hybridized carbons (Fsp3) is 0.500. The van der Waals surface area contributed by atoms with E-state index in [0.717, 1.165) is 24.8 Å². The summed E-state index contributed by atoms with van der Waals surface area (Å²) < 4.78 is 5.50. The summed E-state index contributed by atoms with van der Waals surface area (Å²) >= 11 is 0. The topological polar surface area (TPSA) is 55.6 Å². The van der Waals surface area contributed by atoms with Crippen LogP contribution in [0.4, 0.5) is 0 Å². The fourth-order valence-electron chi connectivity index (χ4n) is 2.39. The lowest BCUT2D eigenvalue weighted by molar-refractivity contribution is -0.145. The van der Waals surface area contributed by atoms with Gasteiger partial charge in [-0.05, 0) is 19.3 Å². The van der Waals surface area contributed by atoms with E-state index in [-0.39, 0.29) is 12.1 Å². The van der Waals surface area contributed by atoms with E-state index in [2.05, 4.69) is 0 Å². The van der Waals surface area contributed by atoms with Crippen molar-refractivity contribution in [3.05, 3.63) is 35.9 Å². The summed E-state index contributed by atoms with van der Waals surface area (Å²) in [4.78, 5) is 14.0. The SMILES string of the molecule is COC(c1ccccc1)N1CCCCC(N)C1=O. The quantitative estimate of drug-likeness (QED) is 0.885. The van der Waals surface area contributed by atoms with Gasteiger partial charge in [0.25, 0.3) is 0 Å². The zero-order valence-corrected chi connectivity index (χ0v) is 10.7. The first-order valence-corrected chi connectivity index (χ1v) is 6.38. The van der Waals surface area contributed by atoms with E-state index in [1.165, 1.54) is 0 Å². The molecule has 0 aliphatic carbocycles. The Morgan fingerprint density at radius 2 is 2.06 bits per heavy atom. The molecule has 98 valence electrons. The Morgan fingerprint density at radius 1 is 1.33 bits per heavy atom. The lowest BCUT2D eigenvalue weighted by Gasteiger charge is -2.31. The van der Waals surface area contributed by atoms with Crippen molar-refractivity contribution in [2.75, 3.05) is 13.7 Å². The number of methoxy groups -OCH3 is 1. The Hall–Kier alpha value is -1.39. The summed E-state index contributed by atoms with van der Waals surface area (Å²) in [5, 5.41) is 0. The summed E-state index contributed by atoms with van der Waals surface area (Å²) in [5.41, 5.74) is 6.88. The van der Waals surface area contributed by atoms with Crippen molar-refractivity contribution in [2.24, 2.45) is 5.73 Å². The molecule has 1 aliphatic heterocycles. The molecule has 2 rings (SSSR count). The Kier molecular flexibility index (Phi) is 4.33. The maximum Gasteiger partial charge on any atom is 0.241 e. The van der Waals surface area contributed by atoms with Gasteiger partial charge in [0.05, 0.1) is 6.04 Å². The number of likely N-dealkylation sites (tertiary alicyclic amines) is 1. The number of amides is 1. The molecule has 0 radical (unpaired) electrons. The van der Waals surface area contributed by atoms with E-state index in [1.54, 1.807) is 12.0 Å². The molecule has 0 saturated carbocycles. The van der Waals surface area contributed by atoms with Crippen molar-refractivity contribution in [1.82, 2.24) is 4.90 Å². The minimum absolute atomic E-state index is 0.0109. The smallest absolute Gasteiger partial charge is 0.241 e. The highest BCUT2D eigenvalue weighted by atomic mass is 16.5. The predicted octanol–water partition coefficient (Wildman–Crippen LogP) is 1.67. The van der Waals surface area contributed by atoms with E-state index < -0.39 is 6.04 Å². The molecule has 1 aliphatic rings. The standard InChI is InChI=1S/C14H20N2O2/c1-18-14(11-7-3-2-4-8-11)16-10-6-5-9-12(15)13(16)17/h2-4,7-8,12,14H,5-6,9-10,15H2,1H3. The van der Waals surface area contributed by atoms with Crippen LogP contribution in [0, 0.1) is 0 Å². The Bertz CT molecular complexity index is 394. The number of benzene rings is 1. The molecular weight excluding hydrogens is 228 g/mol. The summed E-state index contributed by atoms with van der Waals surface area (Å²) in [6, 6.07) is 9.39. The molecule has 18 heavy (non-hydrogen) atoms. The van der Waals surface area contributed by atoms with Crippen LogP contribution < -0.4 is 5.73 Å². The van der Waals surface area contributed by atoms with Crippen LogP contribution in [0.25, 0.3) is 0 Å². The van der Waals surface area contributed by atoms with E-state index >= 15 is 0 Å².